The van der Waals surface area contributed by atoms with Gasteiger partial charge in [0.25, 0.3) is 0 Å². The summed E-state index contributed by atoms with van der Waals surface area (Å²) in [7, 11) is 0. The van der Waals surface area contributed by atoms with Gasteiger partial charge in [-0.25, -0.2) is 0 Å². The smallest absolute Gasteiger partial charge is 0.219 e. The maximum Gasteiger partial charge on any atom is 0.219 e. The molecule has 0 aromatic rings. The van der Waals surface area contributed by atoms with Gasteiger partial charge >= 0.3 is 0 Å². The molecule has 0 N–H and O–H groups in total. The molecule has 1 aliphatic rings. The van der Waals surface area contributed by atoms with E-state index >= 15 is 0 Å². The fourth-order valence-corrected chi connectivity index (χ4v) is 1.95. The van der Waals surface area contributed by atoms with Gasteiger partial charge in [-0.1, -0.05) is 20.4 Å². The number of carbonyl (C=O) groups excluding carboxylic acids is 1. The monoisotopic (exact) mass is 224 g/mol. The van der Waals surface area contributed by atoms with E-state index in [0.29, 0.717) is 0 Å². The molecule has 1 fully saturated rings. The van der Waals surface area contributed by atoms with Crippen molar-refractivity contribution in [1.82, 2.24) is 9.80 Å². The van der Waals surface area contributed by atoms with Crippen molar-refractivity contribution in [2.45, 2.75) is 33.6 Å². The Hall–Kier alpha value is -0.990. The van der Waals surface area contributed by atoms with E-state index in [-0.39, 0.29) is 5.91 Å². The molecule has 0 bridgehead atoms. The highest BCUT2D eigenvalue weighted by molar-refractivity contribution is 5.73. The third-order valence-electron chi connectivity index (χ3n) is 3.18. The second-order valence-corrected chi connectivity index (χ2v) is 4.99. The van der Waals surface area contributed by atoms with Crippen LogP contribution < -0.4 is 0 Å². The Morgan fingerprint density at radius 1 is 1.19 bits per heavy atom. The SMILES string of the molecule is C=C(CCC(C)C)N1CCN(C(C)=O)CC1. The van der Waals surface area contributed by atoms with Crippen LogP contribution in [-0.4, -0.2) is 41.9 Å². The Bertz CT molecular complexity index is 253. The van der Waals surface area contributed by atoms with E-state index in [2.05, 4.69) is 25.3 Å². The third kappa shape index (κ3) is 3.87. The van der Waals surface area contributed by atoms with Gasteiger partial charge in [0, 0.05) is 38.8 Å². The maximum atomic E-state index is 11.2. The standard InChI is InChI=1S/C13H24N2O/c1-11(2)5-6-12(3)14-7-9-15(10-8-14)13(4)16/h11H,3,5-10H2,1-2,4H3. The molecule has 1 amide bonds. The average molecular weight is 224 g/mol. The van der Waals surface area contributed by atoms with Crippen LogP contribution in [0.4, 0.5) is 0 Å². The van der Waals surface area contributed by atoms with Crippen LogP contribution in [0.1, 0.15) is 33.6 Å². The highest BCUT2D eigenvalue weighted by atomic mass is 16.2. The molecule has 16 heavy (non-hydrogen) atoms. The summed E-state index contributed by atoms with van der Waals surface area (Å²) >= 11 is 0. The van der Waals surface area contributed by atoms with E-state index in [9.17, 15) is 4.79 Å². The van der Waals surface area contributed by atoms with Crippen molar-refractivity contribution in [3.63, 3.8) is 0 Å². The Balaban J connectivity index is 2.30. The van der Waals surface area contributed by atoms with Crippen molar-refractivity contribution in [2.24, 2.45) is 5.92 Å². The second kappa shape index (κ2) is 5.92. The van der Waals surface area contributed by atoms with Crippen LogP contribution in [-0.2, 0) is 4.79 Å². The van der Waals surface area contributed by atoms with Crippen LogP contribution in [0.2, 0.25) is 0 Å². The topological polar surface area (TPSA) is 23.6 Å². The number of carbonyl (C=O) groups is 1. The highest BCUT2D eigenvalue weighted by Gasteiger charge is 2.19. The molecule has 3 nitrogen and oxygen atoms in total. The summed E-state index contributed by atoms with van der Waals surface area (Å²) in [5.74, 6) is 0.919. The molecule has 1 saturated heterocycles. The van der Waals surface area contributed by atoms with Crippen LogP contribution in [0, 0.1) is 5.92 Å². The largest absolute Gasteiger partial charge is 0.372 e. The van der Waals surface area contributed by atoms with E-state index < -0.39 is 0 Å². The highest BCUT2D eigenvalue weighted by Crippen LogP contribution is 2.15. The van der Waals surface area contributed by atoms with Crippen molar-refractivity contribution in [1.29, 1.82) is 0 Å². The van der Waals surface area contributed by atoms with Crippen molar-refractivity contribution in [2.75, 3.05) is 26.2 Å². The number of rotatable bonds is 4. The maximum absolute atomic E-state index is 11.2. The Kier molecular flexibility index (Phi) is 4.84. The van der Waals surface area contributed by atoms with Gasteiger partial charge in [0.1, 0.15) is 0 Å². The number of nitrogens with zero attached hydrogens (tertiary/aromatic N) is 2. The van der Waals surface area contributed by atoms with Gasteiger partial charge in [-0.3, -0.25) is 4.79 Å². The van der Waals surface area contributed by atoms with Crippen LogP contribution in [0.3, 0.4) is 0 Å². The van der Waals surface area contributed by atoms with E-state index in [1.54, 1.807) is 6.92 Å². The van der Waals surface area contributed by atoms with Gasteiger partial charge in [0.05, 0.1) is 0 Å². The number of hydrogen-bond donors (Lipinski definition) is 0. The minimum Gasteiger partial charge on any atom is -0.372 e. The first-order valence-electron chi connectivity index (χ1n) is 6.19. The predicted molar refractivity (Wildman–Crippen MR) is 67.0 cm³/mol. The quantitative estimate of drug-likeness (QED) is 0.730. The minimum atomic E-state index is 0.187. The Labute approximate surface area is 99.1 Å². The zero-order chi connectivity index (χ0) is 12.1. The summed E-state index contributed by atoms with van der Waals surface area (Å²) in [6.07, 6.45) is 2.28. The fourth-order valence-electron chi connectivity index (χ4n) is 1.95. The molecule has 0 unspecified atom stereocenters. The average Bonchev–Trinajstić information content (AvgIpc) is 2.26. The van der Waals surface area contributed by atoms with Crippen LogP contribution in [0.15, 0.2) is 12.3 Å². The molecule has 0 aliphatic carbocycles. The molecule has 0 atom stereocenters. The lowest BCUT2D eigenvalue weighted by Crippen LogP contribution is -2.47. The number of amides is 1. The summed E-state index contributed by atoms with van der Waals surface area (Å²) in [6.45, 7) is 13.8. The van der Waals surface area contributed by atoms with E-state index in [1.165, 1.54) is 12.1 Å². The van der Waals surface area contributed by atoms with Crippen LogP contribution in [0.5, 0.6) is 0 Å². The van der Waals surface area contributed by atoms with Crippen LogP contribution >= 0.6 is 0 Å². The normalized spacial score (nSPS) is 16.8. The van der Waals surface area contributed by atoms with Gasteiger partial charge in [-0.05, 0) is 18.8 Å². The molecule has 0 saturated carbocycles. The summed E-state index contributed by atoms with van der Waals surface area (Å²) in [4.78, 5) is 15.4. The molecule has 0 aromatic heterocycles. The van der Waals surface area contributed by atoms with E-state index in [1.807, 2.05) is 4.90 Å². The summed E-state index contributed by atoms with van der Waals surface area (Å²) < 4.78 is 0. The van der Waals surface area contributed by atoms with Crippen molar-refractivity contribution in [3.05, 3.63) is 12.3 Å². The number of hydrogen-bond acceptors (Lipinski definition) is 2. The lowest BCUT2D eigenvalue weighted by molar-refractivity contribution is -0.130. The summed E-state index contributed by atoms with van der Waals surface area (Å²) in [5.41, 5.74) is 1.23. The first-order chi connectivity index (χ1) is 7.50. The molecule has 1 rings (SSSR count). The van der Waals surface area contributed by atoms with Gasteiger partial charge in [-0.15, -0.1) is 0 Å². The molecule has 0 aromatic carbocycles. The Morgan fingerprint density at radius 3 is 2.12 bits per heavy atom. The van der Waals surface area contributed by atoms with Crippen molar-refractivity contribution in [3.8, 4) is 0 Å². The van der Waals surface area contributed by atoms with E-state index in [4.69, 9.17) is 0 Å². The molecular formula is C13H24N2O. The molecule has 1 heterocycles. The Morgan fingerprint density at radius 2 is 1.69 bits per heavy atom. The van der Waals surface area contributed by atoms with Gasteiger partial charge < -0.3 is 9.80 Å². The molecular weight excluding hydrogens is 200 g/mol. The first-order valence-corrected chi connectivity index (χ1v) is 6.19. The third-order valence-corrected chi connectivity index (χ3v) is 3.18. The molecule has 0 radical (unpaired) electrons. The number of piperazine rings is 1. The summed E-state index contributed by atoms with van der Waals surface area (Å²) in [5, 5.41) is 0. The molecule has 92 valence electrons. The predicted octanol–water partition coefficient (Wildman–Crippen LogP) is 2.10. The zero-order valence-electron chi connectivity index (χ0n) is 10.8. The van der Waals surface area contributed by atoms with Gasteiger partial charge in [0.15, 0.2) is 0 Å². The second-order valence-electron chi connectivity index (χ2n) is 4.99. The molecule has 3 heteroatoms. The van der Waals surface area contributed by atoms with Gasteiger partial charge in [0.2, 0.25) is 5.91 Å². The van der Waals surface area contributed by atoms with E-state index in [0.717, 1.165) is 38.5 Å². The van der Waals surface area contributed by atoms with Crippen molar-refractivity contribution < 1.29 is 4.79 Å². The van der Waals surface area contributed by atoms with Gasteiger partial charge in [-0.2, -0.15) is 0 Å². The first kappa shape index (κ1) is 13.1. The lowest BCUT2D eigenvalue weighted by atomic mass is 10.1. The number of allylic oxidation sites excluding steroid dienone is 1. The van der Waals surface area contributed by atoms with Crippen molar-refractivity contribution >= 4 is 5.91 Å². The minimum absolute atomic E-state index is 0.187. The zero-order valence-corrected chi connectivity index (χ0v) is 10.8. The van der Waals surface area contributed by atoms with Crippen LogP contribution in [0.25, 0.3) is 0 Å². The lowest BCUT2D eigenvalue weighted by Gasteiger charge is -2.36. The molecule has 1 aliphatic heterocycles. The molecule has 0 spiro atoms. The summed E-state index contributed by atoms with van der Waals surface area (Å²) in [6, 6.07) is 0. The fraction of sp³-hybridized carbons (Fsp3) is 0.769.